The molecule has 0 spiro atoms. The van der Waals surface area contributed by atoms with Gasteiger partial charge < -0.3 is 10.3 Å². The highest BCUT2D eigenvalue weighted by Crippen LogP contribution is 2.30. The third kappa shape index (κ3) is 3.33. The van der Waals surface area contributed by atoms with Crippen LogP contribution < -0.4 is 5.32 Å². The van der Waals surface area contributed by atoms with Crippen LogP contribution in [0.4, 0.5) is 5.82 Å². The average molecular weight is 335 g/mol. The van der Waals surface area contributed by atoms with E-state index in [1.165, 1.54) is 5.56 Å². The van der Waals surface area contributed by atoms with Crippen LogP contribution in [0, 0.1) is 6.92 Å². The molecule has 0 fully saturated rings. The van der Waals surface area contributed by atoms with Crippen LogP contribution in [0.15, 0.2) is 36.4 Å². The quantitative estimate of drug-likeness (QED) is 0.685. The molecule has 128 valence electrons. The van der Waals surface area contributed by atoms with Gasteiger partial charge in [0.1, 0.15) is 5.82 Å². The first-order valence-electron chi connectivity index (χ1n) is 8.63. The maximum Gasteiger partial charge on any atom is 0.234 e. The number of nitrogens with zero attached hydrogens (tertiary/aromatic N) is 2. The summed E-state index contributed by atoms with van der Waals surface area (Å²) in [5.41, 5.74) is 4.16. The second-order valence-corrected chi connectivity index (χ2v) is 6.56. The van der Waals surface area contributed by atoms with Gasteiger partial charge in [-0.2, -0.15) is 5.10 Å². The number of carbonyl (C=O) groups is 1. The first-order valence-corrected chi connectivity index (χ1v) is 8.63. The number of aryl methyl sites for hydroxylation is 2. The van der Waals surface area contributed by atoms with Gasteiger partial charge in [0.05, 0.1) is 11.6 Å². The second kappa shape index (κ2) is 6.55. The summed E-state index contributed by atoms with van der Waals surface area (Å²) >= 11 is 0. The molecule has 6 nitrogen and oxygen atoms in total. The molecule has 1 aliphatic rings. The summed E-state index contributed by atoms with van der Waals surface area (Å²) in [6, 6.07) is 12.1. The standard InChI is InChI=1S/C19H21N5O/c1-12-20-16-9-5-8-15(18(16)21-12)19(25)22-17-11-14(23-24-17)10-13-6-3-2-4-7-13/h2-4,6-7,11,15H,5,8-10H2,1H3,(H,20,21)(H2,22,23,24,25). The van der Waals surface area contributed by atoms with Crippen molar-refractivity contribution >= 4 is 11.7 Å². The van der Waals surface area contributed by atoms with Crippen LogP contribution in [0.1, 0.15) is 47.2 Å². The number of carbonyl (C=O) groups excluding carboxylic acids is 1. The van der Waals surface area contributed by atoms with Gasteiger partial charge in [-0.05, 0) is 31.7 Å². The zero-order valence-corrected chi connectivity index (χ0v) is 14.2. The van der Waals surface area contributed by atoms with Crippen molar-refractivity contribution in [2.24, 2.45) is 0 Å². The third-order valence-corrected chi connectivity index (χ3v) is 4.61. The molecule has 2 heterocycles. The predicted molar refractivity (Wildman–Crippen MR) is 95.5 cm³/mol. The largest absolute Gasteiger partial charge is 0.346 e. The number of nitrogens with one attached hydrogen (secondary N) is 3. The fourth-order valence-corrected chi connectivity index (χ4v) is 3.46. The van der Waals surface area contributed by atoms with E-state index in [4.69, 9.17) is 0 Å². The van der Waals surface area contributed by atoms with E-state index in [1.807, 2.05) is 31.2 Å². The third-order valence-electron chi connectivity index (χ3n) is 4.61. The minimum Gasteiger partial charge on any atom is -0.346 e. The molecule has 1 aromatic carbocycles. The molecule has 1 unspecified atom stereocenters. The van der Waals surface area contributed by atoms with Gasteiger partial charge in [0.2, 0.25) is 5.91 Å². The lowest BCUT2D eigenvalue weighted by Crippen LogP contribution is -2.25. The number of imidazole rings is 1. The summed E-state index contributed by atoms with van der Waals surface area (Å²) in [6.07, 6.45) is 3.54. The number of amides is 1. The van der Waals surface area contributed by atoms with Crippen LogP contribution >= 0.6 is 0 Å². The maximum atomic E-state index is 12.7. The molecule has 0 bridgehead atoms. The Hall–Kier alpha value is -2.89. The Morgan fingerprint density at radius 1 is 1.32 bits per heavy atom. The Morgan fingerprint density at radius 2 is 2.16 bits per heavy atom. The summed E-state index contributed by atoms with van der Waals surface area (Å²) < 4.78 is 0. The number of hydrogen-bond donors (Lipinski definition) is 3. The van der Waals surface area contributed by atoms with Gasteiger partial charge >= 0.3 is 0 Å². The van der Waals surface area contributed by atoms with Gasteiger partial charge in [0.15, 0.2) is 5.82 Å². The van der Waals surface area contributed by atoms with Crippen LogP contribution in [-0.2, 0) is 17.6 Å². The lowest BCUT2D eigenvalue weighted by Gasteiger charge is -2.19. The number of benzene rings is 1. The van der Waals surface area contributed by atoms with E-state index in [1.54, 1.807) is 0 Å². The van der Waals surface area contributed by atoms with Crippen molar-refractivity contribution < 1.29 is 4.79 Å². The second-order valence-electron chi connectivity index (χ2n) is 6.56. The monoisotopic (exact) mass is 335 g/mol. The molecule has 25 heavy (non-hydrogen) atoms. The SMILES string of the molecule is Cc1nc2c([nH]1)CCCC2C(=O)Nc1cc(Cc2ccccc2)[nH]n1. The normalized spacial score (nSPS) is 16.4. The predicted octanol–water partition coefficient (Wildman–Crippen LogP) is 3.09. The molecular weight excluding hydrogens is 314 g/mol. The molecule has 0 saturated heterocycles. The highest BCUT2D eigenvalue weighted by Gasteiger charge is 2.29. The van der Waals surface area contributed by atoms with Gasteiger partial charge in [-0.25, -0.2) is 4.98 Å². The highest BCUT2D eigenvalue weighted by molar-refractivity contribution is 5.95. The van der Waals surface area contributed by atoms with Crippen molar-refractivity contribution in [3.8, 4) is 0 Å². The van der Waals surface area contributed by atoms with E-state index in [0.717, 1.165) is 48.6 Å². The maximum absolute atomic E-state index is 12.7. The van der Waals surface area contributed by atoms with E-state index in [2.05, 4.69) is 37.6 Å². The number of H-pyrrole nitrogens is 2. The molecule has 1 atom stereocenters. The Labute approximate surface area is 146 Å². The van der Waals surface area contributed by atoms with Crippen LogP contribution in [0.2, 0.25) is 0 Å². The molecule has 1 aliphatic carbocycles. The zero-order chi connectivity index (χ0) is 17.2. The zero-order valence-electron chi connectivity index (χ0n) is 14.2. The molecule has 1 amide bonds. The number of hydrogen-bond acceptors (Lipinski definition) is 3. The van der Waals surface area contributed by atoms with Gasteiger partial charge in [-0.15, -0.1) is 0 Å². The van der Waals surface area contributed by atoms with Crippen molar-refractivity contribution in [2.45, 2.75) is 38.5 Å². The summed E-state index contributed by atoms with van der Waals surface area (Å²) in [7, 11) is 0. The van der Waals surface area contributed by atoms with Gasteiger partial charge in [0, 0.05) is 23.9 Å². The minimum absolute atomic E-state index is 0.0368. The molecular formula is C19H21N5O. The smallest absolute Gasteiger partial charge is 0.234 e. The highest BCUT2D eigenvalue weighted by atomic mass is 16.2. The summed E-state index contributed by atoms with van der Waals surface area (Å²) in [4.78, 5) is 20.5. The van der Waals surface area contributed by atoms with Crippen molar-refractivity contribution in [3.63, 3.8) is 0 Å². The topological polar surface area (TPSA) is 86.5 Å². The molecule has 3 aromatic rings. The molecule has 4 rings (SSSR count). The molecule has 2 aromatic heterocycles. The van der Waals surface area contributed by atoms with Crippen LogP contribution in [-0.4, -0.2) is 26.1 Å². The van der Waals surface area contributed by atoms with Crippen molar-refractivity contribution in [1.29, 1.82) is 0 Å². The molecule has 0 aliphatic heterocycles. The summed E-state index contributed by atoms with van der Waals surface area (Å²) in [6.45, 7) is 1.93. The Balaban J connectivity index is 1.45. The number of anilines is 1. The van der Waals surface area contributed by atoms with Gasteiger partial charge in [-0.3, -0.25) is 9.89 Å². The van der Waals surface area contributed by atoms with Crippen LogP contribution in [0.5, 0.6) is 0 Å². The van der Waals surface area contributed by atoms with Crippen LogP contribution in [0.25, 0.3) is 0 Å². The molecule has 0 saturated carbocycles. The Bertz CT molecular complexity index is 880. The van der Waals surface area contributed by atoms with Crippen molar-refractivity contribution in [3.05, 3.63) is 64.9 Å². The first kappa shape index (κ1) is 15.6. The van der Waals surface area contributed by atoms with Crippen molar-refractivity contribution in [2.75, 3.05) is 5.32 Å². The Morgan fingerprint density at radius 3 is 3.00 bits per heavy atom. The van der Waals surface area contributed by atoms with E-state index in [9.17, 15) is 4.79 Å². The van der Waals surface area contributed by atoms with Crippen molar-refractivity contribution in [1.82, 2.24) is 20.2 Å². The number of rotatable bonds is 4. The lowest BCUT2D eigenvalue weighted by molar-refractivity contribution is -0.118. The summed E-state index contributed by atoms with van der Waals surface area (Å²) in [5.74, 6) is 1.19. The average Bonchev–Trinajstić information content (AvgIpc) is 3.20. The van der Waals surface area contributed by atoms with E-state index in [0.29, 0.717) is 5.82 Å². The number of aromatic amines is 2. The van der Waals surface area contributed by atoms with Gasteiger partial charge in [0.25, 0.3) is 0 Å². The fourth-order valence-electron chi connectivity index (χ4n) is 3.46. The molecule has 6 heteroatoms. The lowest BCUT2D eigenvalue weighted by atomic mass is 9.89. The van der Waals surface area contributed by atoms with Crippen LogP contribution in [0.3, 0.4) is 0 Å². The molecule has 0 radical (unpaired) electrons. The first-order chi connectivity index (χ1) is 12.2. The van der Waals surface area contributed by atoms with E-state index < -0.39 is 0 Å². The minimum atomic E-state index is -0.206. The fraction of sp³-hybridized carbons (Fsp3) is 0.316. The summed E-state index contributed by atoms with van der Waals surface area (Å²) in [5, 5.41) is 10.2. The van der Waals surface area contributed by atoms with E-state index in [-0.39, 0.29) is 11.8 Å². The Kier molecular flexibility index (Phi) is 4.09. The number of fused-ring (bicyclic) bond motifs is 1. The van der Waals surface area contributed by atoms with E-state index >= 15 is 0 Å². The molecule has 3 N–H and O–H groups in total. The number of aromatic nitrogens is 4. The van der Waals surface area contributed by atoms with Gasteiger partial charge in [-0.1, -0.05) is 30.3 Å².